The number of rotatable bonds is 5. The molecule has 0 bridgehead atoms. The van der Waals surface area contributed by atoms with Crippen molar-refractivity contribution in [3.8, 4) is 22.3 Å². The van der Waals surface area contributed by atoms with Crippen LogP contribution >= 0.6 is 11.9 Å². The number of anilines is 1. The number of aryl methyl sites for hydroxylation is 1. The lowest BCUT2D eigenvalue weighted by Crippen LogP contribution is -2.23. The normalized spacial score (nSPS) is 12.5. The average molecular weight is 438 g/mol. The van der Waals surface area contributed by atoms with E-state index in [4.69, 9.17) is 0 Å². The first-order valence-electron chi connectivity index (χ1n) is 10.0. The van der Waals surface area contributed by atoms with Gasteiger partial charge in [0.15, 0.2) is 0 Å². The number of carboxylic acids is 1. The molecule has 0 saturated heterocycles. The minimum Gasteiger partial charge on any atom is -0.481 e. The minimum atomic E-state index is -0.946. The maximum absolute atomic E-state index is 15.1. The molecule has 1 heterocycles. The second kappa shape index (κ2) is 8.36. The molecule has 0 spiro atoms. The van der Waals surface area contributed by atoms with Gasteiger partial charge in [0.1, 0.15) is 5.82 Å². The summed E-state index contributed by atoms with van der Waals surface area (Å²) in [6, 6.07) is 12.8. The van der Waals surface area contributed by atoms with Crippen LogP contribution in [0.2, 0.25) is 0 Å². The van der Waals surface area contributed by atoms with Crippen molar-refractivity contribution in [1.82, 2.24) is 0 Å². The fraction of sp³-hybridized carbons (Fsp3) is 0.240. The van der Waals surface area contributed by atoms with Crippen LogP contribution < -0.4 is 4.31 Å². The number of aliphatic hydroxyl groups is 1. The van der Waals surface area contributed by atoms with Crippen molar-refractivity contribution in [2.24, 2.45) is 0 Å². The first-order valence-corrected chi connectivity index (χ1v) is 11.2. The molecule has 160 valence electrons. The maximum Gasteiger partial charge on any atom is 0.307 e. The molecule has 3 aromatic rings. The predicted molar refractivity (Wildman–Crippen MR) is 124 cm³/mol. The number of benzene rings is 3. The van der Waals surface area contributed by atoms with Crippen molar-refractivity contribution in [3.05, 3.63) is 76.1 Å². The molecular weight excluding hydrogens is 413 g/mol. The summed E-state index contributed by atoms with van der Waals surface area (Å²) in [7, 11) is 0. The number of nitrogens with zero attached hydrogens (tertiary/aromatic N) is 1. The van der Waals surface area contributed by atoms with Gasteiger partial charge in [-0.25, -0.2) is 4.39 Å². The van der Waals surface area contributed by atoms with Crippen molar-refractivity contribution >= 4 is 23.6 Å². The van der Waals surface area contributed by atoms with Crippen LogP contribution in [0.5, 0.6) is 0 Å². The monoisotopic (exact) mass is 437 g/mol. The Labute approximate surface area is 185 Å². The van der Waals surface area contributed by atoms with Gasteiger partial charge in [-0.05, 0) is 53.3 Å². The highest BCUT2D eigenvalue weighted by Gasteiger charge is 2.32. The Morgan fingerprint density at radius 1 is 1.06 bits per heavy atom. The summed E-state index contributed by atoms with van der Waals surface area (Å²) in [5, 5.41) is 20.2. The molecule has 1 aliphatic heterocycles. The molecule has 4 rings (SSSR count). The van der Waals surface area contributed by atoms with E-state index < -0.39 is 5.97 Å². The van der Waals surface area contributed by atoms with Crippen LogP contribution in [0.15, 0.2) is 42.5 Å². The smallest absolute Gasteiger partial charge is 0.307 e. The molecule has 0 unspecified atom stereocenters. The van der Waals surface area contributed by atoms with E-state index in [0.29, 0.717) is 34.4 Å². The highest BCUT2D eigenvalue weighted by Crippen LogP contribution is 2.51. The van der Waals surface area contributed by atoms with Crippen molar-refractivity contribution in [2.75, 3.05) is 10.6 Å². The second-order valence-electron chi connectivity index (χ2n) is 7.77. The van der Waals surface area contributed by atoms with E-state index in [1.165, 1.54) is 18.0 Å². The van der Waals surface area contributed by atoms with Crippen molar-refractivity contribution in [1.29, 1.82) is 0 Å². The van der Waals surface area contributed by atoms with E-state index in [9.17, 15) is 15.0 Å². The lowest BCUT2D eigenvalue weighted by atomic mass is 9.80. The quantitative estimate of drug-likeness (QED) is 0.517. The van der Waals surface area contributed by atoms with Gasteiger partial charge in [-0.15, -0.1) is 0 Å². The third-order valence-corrected chi connectivity index (χ3v) is 6.66. The van der Waals surface area contributed by atoms with Crippen LogP contribution in [0.1, 0.15) is 27.8 Å². The number of fused-ring (bicyclic) bond motifs is 3. The summed E-state index contributed by atoms with van der Waals surface area (Å²) < 4.78 is 17.2. The SMILES string of the molecule is CSN1Cc2cccc(F)c2-c2c(CO)c(-c3ccc(C)cc3)c(CC(=O)O)c(C)c21. The number of carboxylic acid groups (broad SMARTS) is 1. The van der Waals surface area contributed by atoms with Crippen LogP contribution in [0.25, 0.3) is 22.3 Å². The van der Waals surface area contributed by atoms with Gasteiger partial charge >= 0.3 is 5.97 Å². The standard InChI is InChI=1S/C25H24FNO3S/c1-14-7-9-16(10-8-14)22-18(11-21(29)30)15(2)25-24(19(22)13-28)23-17(12-27(25)31-3)5-4-6-20(23)26/h4-10,28H,11-13H2,1-3H3,(H,29,30). The third-order valence-electron chi connectivity index (χ3n) is 5.91. The van der Waals surface area contributed by atoms with E-state index in [1.54, 1.807) is 6.07 Å². The number of hydrogen-bond donors (Lipinski definition) is 2. The molecule has 0 aliphatic carbocycles. The third kappa shape index (κ3) is 3.60. The van der Waals surface area contributed by atoms with Gasteiger partial charge in [0.25, 0.3) is 0 Å². The van der Waals surface area contributed by atoms with Gasteiger partial charge in [-0.3, -0.25) is 4.79 Å². The molecule has 0 amide bonds. The van der Waals surface area contributed by atoms with E-state index in [1.807, 2.05) is 50.4 Å². The highest BCUT2D eigenvalue weighted by atomic mass is 32.2. The van der Waals surface area contributed by atoms with Crippen molar-refractivity contribution in [3.63, 3.8) is 0 Å². The topological polar surface area (TPSA) is 60.8 Å². The highest BCUT2D eigenvalue weighted by molar-refractivity contribution is 7.99. The molecular formula is C25H24FNO3S. The van der Waals surface area contributed by atoms with E-state index in [-0.39, 0.29) is 18.8 Å². The summed E-state index contributed by atoms with van der Waals surface area (Å²) in [4.78, 5) is 11.8. The van der Waals surface area contributed by atoms with Crippen LogP contribution in [0.4, 0.5) is 10.1 Å². The number of aliphatic hydroxyl groups excluding tert-OH is 1. The maximum atomic E-state index is 15.1. The molecule has 4 nitrogen and oxygen atoms in total. The first kappa shape index (κ1) is 21.4. The zero-order valence-electron chi connectivity index (χ0n) is 17.7. The largest absolute Gasteiger partial charge is 0.481 e. The van der Waals surface area contributed by atoms with Crippen LogP contribution in [-0.2, 0) is 24.4 Å². The Morgan fingerprint density at radius 3 is 2.39 bits per heavy atom. The summed E-state index contributed by atoms with van der Waals surface area (Å²) in [5.74, 6) is -1.28. The van der Waals surface area contributed by atoms with Gasteiger partial charge in [0.2, 0.25) is 0 Å². The zero-order chi connectivity index (χ0) is 22.3. The number of hydrogen-bond acceptors (Lipinski definition) is 4. The van der Waals surface area contributed by atoms with E-state index >= 15 is 4.39 Å². The Bertz CT molecular complexity index is 1170. The first-order chi connectivity index (χ1) is 14.9. The Balaban J connectivity index is 2.17. The van der Waals surface area contributed by atoms with Crippen LogP contribution in [0, 0.1) is 19.7 Å². The molecule has 0 fully saturated rings. The Morgan fingerprint density at radius 2 is 1.77 bits per heavy atom. The van der Waals surface area contributed by atoms with Crippen LogP contribution in [0.3, 0.4) is 0 Å². The second-order valence-corrected chi connectivity index (χ2v) is 8.57. The van der Waals surface area contributed by atoms with Gasteiger partial charge < -0.3 is 14.5 Å². The lowest BCUT2D eigenvalue weighted by Gasteiger charge is -2.36. The van der Waals surface area contributed by atoms with Crippen molar-refractivity contribution < 1.29 is 19.4 Å². The fourth-order valence-electron chi connectivity index (χ4n) is 4.52. The molecule has 6 heteroatoms. The average Bonchev–Trinajstić information content (AvgIpc) is 2.75. The van der Waals surface area contributed by atoms with Crippen LogP contribution in [-0.4, -0.2) is 22.4 Å². The van der Waals surface area contributed by atoms with Gasteiger partial charge in [-0.2, -0.15) is 0 Å². The summed E-state index contributed by atoms with van der Waals surface area (Å²) in [6.45, 7) is 4.05. The van der Waals surface area contributed by atoms with Crippen molar-refractivity contribution in [2.45, 2.75) is 33.4 Å². The molecule has 0 aromatic heterocycles. The molecule has 0 atom stereocenters. The molecule has 3 aromatic carbocycles. The number of aliphatic carboxylic acids is 1. The fourth-order valence-corrected chi connectivity index (χ4v) is 5.20. The molecule has 0 radical (unpaired) electrons. The molecule has 0 saturated carbocycles. The van der Waals surface area contributed by atoms with E-state index in [2.05, 4.69) is 4.31 Å². The van der Waals surface area contributed by atoms with Gasteiger partial charge in [0.05, 0.1) is 25.3 Å². The minimum absolute atomic E-state index is 0.179. The summed E-state index contributed by atoms with van der Waals surface area (Å²) >= 11 is 1.50. The summed E-state index contributed by atoms with van der Waals surface area (Å²) in [5.41, 5.74) is 7.35. The molecule has 31 heavy (non-hydrogen) atoms. The zero-order valence-corrected chi connectivity index (χ0v) is 18.5. The lowest BCUT2D eigenvalue weighted by molar-refractivity contribution is -0.136. The predicted octanol–water partition coefficient (Wildman–Crippen LogP) is 5.49. The molecule has 1 aliphatic rings. The van der Waals surface area contributed by atoms with Gasteiger partial charge in [0, 0.05) is 17.4 Å². The molecule has 2 N–H and O–H groups in total. The Kier molecular flexibility index (Phi) is 5.77. The number of carbonyl (C=O) groups is 1. The van der Waals surface area contributed by atoms with E-state index in [0.717, 1.165) is 27.9 Å². The summed E-state index contributed by atoms with van der Waals surface area (Å²) in [6.07, 6.45) is 1.76. The Hall–Kier alpha value is -2.83. The number of halogens is 1. The van der Waals surface area contributed by atoms with Gasteiger partial charge in [-0.1, -0.05) is 53.9 Å².